The topological polar surface area (TPSA) is 26.3 Å². The van der Waals surface area contributed by atoms with Crippen molar-refractivity contribution < 1.29 is 16.9 Å². The monoisotopic (exact) mass is 316 g/mol. The van der Waals surface area contributed by atoms with Crippen molar-refractivity contribution in [2.75, 3.05) is 19.6 Å². The van der Waals surface area contributed by atoms with E-state index >= 15 is 0 Å². The van der Waals surface area contributed by atoms with Gasteiger partial charge in [0, 0.05) is 0 Å². The number of hydrogen-bond acceptors (Lipinski definition) is 2. The summed E-state index contributed by atoms with van der Waals surface area (Å²) in [5.74, 6) is -0.177. The SMILES string of the molecule is Br.CC[N+](CC)(CC)C1OC(=O)c2ccccc21.[H+].[H+]. The van der Waals surface area contributed by atoms with Crippen LogP contribution in [-0.4, -0.2) is 30.1 Å². The molecule has 0 fully saturated rings. The summed E-state index contributed by atoms with van der Waals surface area (Å²) in [6, 6.07) is 7.73. The molecule has 1 heterocycles. The number of carbonyl (C=O) groups excluding carboxylic acids is 1. The van der Waals surface area contributed by atoms with Crippen LogP contribution in [0.4, 0.5) is 0 Å². The smallest absolute Gasteiger partial charge is 0.404 e. The molecule has 3 nitrogen and oxygen atoms in total. The summed E-state index contributed by atoms with van der Waals surface area (Å²) in [7, 11) is 0. The molecule has 1 aliphatic heterocycles. The van der Waals surface area contributed by atoms with Crippen molar-refractivity contribution >= 4 is 23.0 Å². The minimum absolute atomic E-state index is 0. The third kappa shape index (κ3) is 2.19. The number of cyclic esters (lactones) is 1. The van der Waals surface area contributed by atoms with Gasteiger partial charge in [-0.05, 0) is 32.9 Å². The highest BCUT2D eigenvalue weighted by molar-refractivity contribution is 8.93. The van der Waals surface area contributed by atoms with Gasteiger partial charge >= 0.3 is 8.82 Å². The zero-order valence-corrected chi connectivity index (χ0v) is 12.9. The summed E-state index contributed by atoms with van der Waals surface area (Å²) in [6.45, 7) is 9.38. The van der Waals surface area contributed by atoms with E-state index in [1.807, 2.05) is 24.3 Å². The number of ether oxygens (including phenoxy) is 1. The van der Waals surface area contributed by atoms with Crippen LogP contribution in [0.15, 0.2) is 24.3 Å². The van der Waals surface area contributed by atoms with Crippen molar-refractivity contribution in [1.82, 2.24) is 0 Å². The summed E-state index contributed by atoms with van der Waals surface area (Å²) >= 11 is 0. The molecular formula is C14H23BrNO2+3. The van der Waals surface area contributed by atoms with Gasteiger partial charge in [-0.15, -0.1) is 17.0 Å². The fourth-order valence-electron chi connectivity index (χ4n) is 2.70. The van der Waals surface area contributed by atoms with Crippen molar-refractivity contribution in [1.29, 1.82) is 0 Å². The van der Waals surface area contributed by atoms with Crippen LogP contribution in [0.5, 0.6) is 0 Å². The van der Waals surface area contributed by atoms with Crippen LogP contribution in [0.3, 0.4) is 0 Å². The highest BCUT2D eigenvalue weighted by Gasteiger charge is 2.43. The molecule has 0 saturated carbocycles. The second-order valence-corrected chi connectivity index (χ2v) is 4.51. The molecule has 1 aliphatic rings. The Hall–Kier alpha value is -0.870. The van der Waals surface area contributed by atoms with Gasteiger partial charge in [0.1, 0.15) is 0 Å². The number of esters is 1. The Labute approximate surface area is 122 Å². The first kappa shape index (κ1) is 15.2. The minimum Gasteiger partial charge on any atom is -0.404 e. The molecule has 0 bridgehead atoms. The van der Waals surface area contributed by atoms with E-state index < -0.39 is 0 Å². The normalized spacial score (nSPS) is 17.9. The maximum Gasteiger partial charge on any atom is 1.00 e. The lowest BCUT2D eigenvalue weighted by atomic mass is 10.1. The Kier molecular flexibility index (Phi) is 4.93. The van der Waals surface area contributed by atoms with Gasteiger partial charge in [-0.1, -0.05) is 12.1 Å². The largest absolute Gasteiger partial charge is 1.00 e. The minimum atomic E-state index is -0.177. The molecule has 1 aromatic carbocycles. The molecule has 0 radical (unpaired) electrons. The number of quaternary nitrogens is 1. The molecule has 100 valence electrons. The number of fused-ring (bicyclic) bond motifs is 1. The third-order valence-corrected chi connectivity index (χ3v) is 4.05. The Bertz CT molecular complexity index is 431. The Morgan fingerprint density at radius 2 is 1.72 bits per heavy atom. The summed E-state index contributed by atoms with van der Waals surface area (Å²) in [4.78, 5) is 11.8. The molecule has 1 unspecified atom stereocenters. The first-order valence-electron chi connectivity index (χ1n) is 6.34. The lowest BCUT2D eigenvalue weighted by Gasteiger charge is -2.39. The van der Waals surface area contributed by atoms with Crippen LogP contribution in [0.2, 0.25) is 0 Å². The number of halogens is 1. The Balaban J connectivity index is 0. The predicted molar refractivity (Wildman–Crippen MR) is 79.0 cm³/mol. The first-order chi connectivity index (χ1) is 8.18. The molecule has 0 spiro atoms. The highest BCUT2D eigenvalue weighted by Crippen LogP contribution is 2.37. The van der Waals surface area contributed by atoms with E-state index in [4.69, 9.17) is 4.74 Å². The van der Waals surface area contributed by atoms with Crippen molar-refractivity contribution in [2.45, 2.75) is 27.0 Å². The maximum absolute atomic E-state index is 11.8. The fraction of sp³-hybridized carbons (Fsp3) is 0.500. The highest BCUT2D eigenvalue weighted by atomic mass is 79.9. The van der Waals surface area contributed by atoms with Crippen LogP contribution in [0, 0.1) is 0 Å². The lowest BCUT2D eigenvalue weighted by Crippen LogP contribution is -2.50. The molecule has 0 amide bonds. The standard InChI is InChI=1S/C14H20NO2.BrH/c1-4-15(5-2,6-3)13-11-9-7-8-10-12(11)14(16)17-13;/h7-10,13H,4-6H2,1-3H3;1H/q+1;/p+2. The van der Waals surface area contributed by atoms with E-state index in [0.717, 1.165) is 35.2 Å². The molecule has 0 N–H and O–H groups in total. The van der Waals surface area contributed by atoms with Gasteiger partial charge in [-0.2, -0.15) is 0 Å². The van der Waals surface area contributed by atoms with E-state index in [1.165, 1.54) is 0 Å². The third-order valence-electron chi connectivity index (χ3n) is 4.05. The average Bonchev–Trinajstić information content (AvgIpc) is 2.72. The quantitative estimate of drug-likeness (QED) is 0.627. The van der Waals surface area contributed by atoms with E-state index in [-0.39, 0.29) is 32.0 Å². The molecule has 1 atom stereocenters. The lowest BCUT2D eigenvalue weighted by molar-refractivity contribution is -0.970. The summed E-state index contributed by atoms with van der Waals surface area (Å²) < 4.78 is 6.41. The second-order valence-electron chi connectivity index (χ2n) is 4.51. The Morgan fingerprint density at radius 3 is 2.28 bits per heavy atom. The van der Waals surface area contributed by atoms with Gasteiger partial charge in [0.05, 0.1) is 30.8 Å². The van der Waals surface area contributed by atoms with Gasteiger partial charge in [-0.25, -0.2) is 4.79 Å². The number of benzene rings is 1. The van der Waals surface area contributed by atoms with Crippen LogP contribution in [0.1, 0.15) is 45.8 Å². The van der Waals surface area contributed by atoms with Crippen molar-refractivity contribution in [2.24, 2.45) is 0 Å². The molecule has 0 aromatic heterocycles. The van der Waals surface area contributed by atoms with Gasteiger partial charge in [0.2, 0.25) is 0 Å². The van der Waals surface area contributed by atoms with Crippen molar-refractivity contribution in [3.63, 3.8) is 0 Å². The van der Waals surface area contributed by atoms with Crippen molar-refractivity contribution in [3.8, 4) is 0 Å². The number of hydrogen-bond donors (Lipinski definition) is 0. The zero-order valence-electron chi connectivity index (χ0n) is 13.2. The van der Waals surface area contributed by atoms with Gasteiger partial charge in [-0.3, -0.25) is 4.48 Å². The predicted octanol–water partition coefficient (Wildman–Crippen LogP) is 3.54. The first-order valence-corrected chi connectivity index (χ1v) is 6.34. The van der Waals surface area contributed by atoms with Gasteiger partial charge < -0.3 is 4.74 Å². The second kappa shape index (κ2) is 5.85. The molecular weight excluding hydrogens is 294 g/mol. The fourth-order valence-corrected chi connectivity index (χ4v) is 2.70. The zero-order chi connectivity index (χ0) is 12.5. The molecule has 1 aromatic rings. The van der Waals surface area contributed by atoms with Crippen LogP contribution < -0.4 is 0 Å². The van der Waals surface area contributed by atoms with Crippen LogP contribution >= 0.6 is 17.0 Å². The maximum atomic E-state index is 11.8. The number of carbonyl (C=O) groups is 1. The van der Waals surface area contributed by atoms with E-state index in [2.05, 4.69) is 20.8 Å². The van der Waals surface area contributed by atoms with Crippen molar-refractivity contribution in [3.05, 3.63) is 35.4 Å². The molecule has 4 heteroatoms. The molecule has 2 rings (SSSR count). The Morgan fingerprint density at radius 1 is 1.17 bits per heavy atom. The number of nitrogens with zero attached hydrogens (tertiary/aromatic N) is 1. The summed E-state index contributed by atoms with van der Waals surface area (Å²) in [5, 5.41) is 0. The van der Waals surface area contributed by atoms with Gasteiger partial charge in [0.25, 0.3) is 6.23 Å². The van der Waals surface area contributed by atoms with E-state index in [9.17, 15) is 4.79 Å². The van der Waals surface area contributed by atoms with E-state index in [1.54, 1.807) is 0 Å². The molecule has 0 saturated heterocycles. The average molecular weight is 317 g/mol. The molecule has 0 aliphatic carbocycles. The molecule has 18 heavy (non-hydrogen) atoms. The van der Waals surface area contributed by atoms with Crippen LogP contribution in [-0.2, 0) is 4.74 Å². The summed E-state index contributed by atoms with van der Waals surface area (Å²) in [6.07, 6.45) is -0.126. The summed E-state index contributed by atoms with van der Waals surface area (Å²) in [5.41, 5.74) is 1.78. The van der Waals surface area contributed by atoms with Gasteiger partial charge in [0.15, 0.2) is 0 Å². The van der Waals surface area contributed by atoms with E-state index in [0.29, 0.717) is 0 Å². The van der Waals surface area contributed by atoms with Crippen LogP contribution in [0.25, 0.3) is 0 Å². The number of rotatable bonds is 4.